The van der Waals surface area contributed by atoms with Gasteiger partial charge in [0.25, 0.3) is 0 Å². The highest BCUT2D eigenvalue weighted by molar-refractivity contribution is 9.10. The summed E-state index contributed by atoms with van der Waals surface area (Å²) in [5.41, 5.74) is 5.07. The van der Waals surface area contributed by atoms with Crippen molar-refractivity contribution < 1.29 is 4.74 Å². The number of hydrogen-bond acceptors (Lipinski definition) is 7. The minimum absolute atomic E-state index is 0.451. The lowest BCUT2D eigenvalue weighted by Crippen LogP contribution is -2.47. The van der Waals surface area contributed by atoms with Crippen LogP contribution in [0.5, 0.6) is 0 Å². The Labute approximate surface area is 216 Å². The molecule has 2 aliphatic heterocycles. The Morgan fingerprint density at radius 1 is 1.09 bits per heavy atom. The van der Waals surface area contributed by atoms with Gasteiger partial charge in [0.15, 0.2) is 5.65 Å². The molecule has 8 nitrogen and oxygen atoms in total. The third-order valence-corrected chi connectivity index (χ3v) is 7.77. The molecule has 35 heavy (non-hydrogen) atoms. The number of piperazine rings is 1. The molecule has 2 aromatic heterocycles. The molecule has 0 amide bonds. The van der Waals surface area contributed by atoms with E-state index in [-0.39, 0.29) is 0 Å². The highest BCUT2D eigenvalue weighted by Gasteiger charge is 2.21. The lowest BCUT2D eigenvalue weighted by molar-refractivity contribution is 0.111. The van der Waals surface area contributed by atoms with Gasteiger partial charge in [0.2, 0.25) is 0 Å². The van der Waals surface area contributed by atoms with Gasteiger partial charge in [-0.15, -0.1) is 0 Å². The van der Waals surface area contributed by atoms with E-state index in [4.69, 9.17) is 9.72 Å². The van der Waals surface area contributed by atoms with E-state index < -0.39 is 0 Å². The summed E-state index contributed by atoms with van der Waals surface area (Å²) in [6.07, 6.45) is 4.12. The number of nitrogens with zero attached hydrogens (tertiary/aromatic N) is 5. The topological polar surface area (TPSA) is 72.6 Å². The summed E-state index contributed by atoms with van der Waals surface area (Å²) >= 11 is 3.69. The number of pyridine rings is 1. The number of piperidine rings is 1. The largest absolute Gasteiger partial charge is 0.380 e. The van der Waals surface area contributed by atoms with Crippen LogP contribution in [0, 0.1) is 0 Å². The highest BCUT2D eigenvalue weighted by atomic mass is 79.9. The number of ether oxygens (including phenoxy) is 1. The monoisotopic (exact) mass is 541 g/mol. The van der Waals surface area contributed by atoms with Crippen LogP contribution in [0.2, 0.25) is 0 Å². The van der Waals surface area contributed by atoms with Crippen molar-refractivity contribution in [3.63, 3.8) is 0 Å². The Hall–Kier alpha value is -2.20. The van der Waals surface area contributed by atoms with E-state index in [0.29, 0.717) is 6.04 Å². The fraction of sp³-hybridized carbons (Fsp3) is 0.538. The molecule has 1 aromatic carbocycles. The van der Waals surface area contributed by atoms with Gasteiger partial charge in [0.05, 0.1) is 16.8 Å². The average Bonchev–Trinajstić information content (AvgIpc) is 3.32. The van der Waals surface area contributed by atoms with Gasteiger partial charge in [0, 0.05) is 62.8 Å². The van der Waals surface area contributed by atoms with Gasteiger partial charge < -0.3 is 24.8 Å². The van der Waals surface area contributed by atoms with Crippen molar-refractivity contribution in [3.05, 3.63) is 34.9 Å². The number of imidazole rings is 1. The van der Waals surface area contributed by atoms with E-state index in [1.165, 1.54) is 5.69 Å². The van der Waals surface area contributed by atoms with Crippen LogP contribution < -0.4 is 10.2 Å². The molecule has 0 bridgehead atoms. The Balaban J connectivity index is 1.27. The molecule has 0 spiro atoms. The van der Waals surface area contributed by atoms with Gasteiger partial charge in [0.1, 0.15) is 11.3 Å². The van der Waals surface area contributed by atoms with E-state index >= 15 is 0 Å². The number of fused-ring (bicyclic) bond motifs is 1. The number of likely N-dealkylation sites (tertiary alicyclic amines) is 1. The fourth-order valence-electron chi connectivity index (χ4n) is 4.96. The van der Waals surface area contributed by atoms with E-state index in [1.54, 1.807) is 0 Å². The molecule has 0 unspecified atom stereocenters. The van der Waals surface area contributed by atoms with Crippen molar-refractivity contribution in [2.75, 3.05) is 76.3 Å². The zero-order chi connectivity index (χ0) is 24.2. The molecule has 2 aliphatic rings. The van der Waals surface area contributed by atoms with Crippen molar-refractivity contribution in [3.8, 4) is 11.4 Å². The zero-order valence-corrected chi connectivity index (χ0v) is 22.4. The van der Waals surface area contributed by atoms with Crippen molar-refractivity contribution in [1.82, 2.24) is 24.8 Å². The van der Waals surface area contributed by atoms with Crippen molar-refractivity contribution in [1.29, 1.82) is 0 Å². The quantitative estimate of drug-likeness (QED) is 0.416. The molecule has 0 saturated carbocycles. The van der Waals surface area contributed by atoms with Crippen LogP contribution in [-0.2, 0) is 4.74 Å². The summed E-state index contributed by atoms with van der Waals surface area (Å²) in [7, 11) is 2.19. The molecule has 2 N–H and O–H groups in total. The fourth-order valence-corrected chi connectivity index (χ4v) is 5.36. The van der Waals surface area contributed by atoms with Gasteiger partial charge in [-0.3, -0.25) is 4.90 Å². The minimum atomic E-state index is 0.451. The first kappa shape index (κ1) is 24.5. The van der Waals surface area contributed by atoms with Crippen LogP contribution in [-0.4, -0.2) is 96.9 Å². The molecule has 3 aromatic rings. The second-order valence-electron chi connectivity index (χ2n) is 9.56. The van der Waals surface area contributed by atoms with Crippen LogP contribution >= 0.6 is 15.9 Å². The molecule has 188 valence electrons. The summed E-state index contributed by atoms with van der Waals surface area (Å²) in [5.74, 6) is 0.851. The molecule has 5 rings (SSSR count). The molecular weight excluding hydrogens is 506 g/mol. The first-order valence-corrected chi connectivity index (χ1v) is 13.5. The zero-order valence-electron chi connectivity index (χ0n) is 20.8. The molecular formula is C26H36BrN7O. The maximum absolute atomic E-state index is 5.50. The summed E-state index contributed by atoms with van der Waals surface area (Å²) in [5, 5.41) is 3.73. The van der Waals surface area contributed by atoms with Gasteiger partial charge in [-0.1, -0.05) is 0 Å². The molecule has 9 heteroatoms. The smallest absolute Gasteiger partial charge is 0.159 e. The summed E-state index contributed by atoms with van der Waals surface area (Å²) in [6, 6.07) is 9.19. The Bertz CT molecular complexity index is 1100. The molecule has 2 saturated heterocycles. The molecule has 4 heterocycles. The van der Waals surface area contributed by atoms with Crippen LogP contribution in [0.15, 0.2) is 34.9 Å². The standard InChI is InChI=1S/C26H36BrN7O/c1-3-35-17-16-33-12-14-34(15-13-33)21-6-4-19(5-7-21)25-30-24-23(22(27)18-28-26(24)31-25)29-20-8-10-32(2)11-9-20/h4-7,18,20H,3,8-17H2,1-2H3,(H2,28,29,30,31). The van der Waals surface area contributed by atoms with E-state index in [1.807, 2.05) is 6.20 Å². The summed E-state index contributed by atoms with van der Waals surface area (Å²) in [4.78, 5) is 20.3. The lowest BCUT2D eigenvalue weighted by atomic mass is 10.1. The Morgan fingerprint density at radius 3 is 2.54 bits per heavy atom. The highest BCUT2D eigenvalue weighted by Crippen LogP contribution is 2.32. The van der Waals surface area contributed by atoms with Gasteiger partial charge >= 0.3 is 0 Å². The van der Waals surface area contributed by atoms with E-state index in [2.05, 4.69) is 84.2 Å². The number of aromatic nitrogens is 3. The SMILES string of the molecule is CCOCCN1CCN(c2ccc(-c3nc4c(NC5CCN(C)CC5)c(Br)cnc4[nH]3)cc2)CC1. The number of benzene rings is 1. The second-order valence-corrected chi connectivity index (χ2v) is 10.4. The second kappa shape index (κ2) is 11.2. The number of anilines is 2. The third kappa shape index (κ3) is 5.80. The predicted octanol–water partition coefficient (Wildman–Crippen LogP) is 4.05. The maximum Gasteiger partial charge on any atom is 0.159 e. The average molecular weight is 543 g/mol. The third-order valence-electron chi connectivity index (χ3n) is 7.17. The first-order chi connectivity index (χ1) is 17.1. The van der Waals surface area contributed by atoms with E-state index in [9.17, 15) is 0 Å². The molecule has 0 aliphatic carbocycles. The normalized spacial score (nSPS) is 18.4. The van der Waals surface area contributed by atoms with E-state index in [0.717, 1.165) is 105 Å². The number of hydrogen-bond donors (Lipinski definition) is 2. The van der Waals surface area contributed by atoms with Gasteiger partial charge in [-0.2, -0.15) is 0 Å². The molecule has 2 fully saturated rings. The van der Waals surface area contributed by atoms with Crippen LogP contribution in [0.1, 0.15) is 19.8 Å². The maximum atomic E-state index is 5.50. The van der Waals surface area contributed by atoms with Crippen molar-refractivity contribution in [2.24, 2.45) is 0 Å². The van der Waals surface area contributed by atoms with Crippen molar-refractivity contribution >= 4 is 38.5 Å². The van der Waals surface area contributed by atoms with Crippen LogP contribution in [0.25, 0.3) is 22.6 Å². The number of nitrogens with one attached hydrogen (secondary N) is 2. The summed E-state index contributed by atoms with van der Waals surface area (Å²) in [6.45, 7) is 11.1. The number of H-pyrrole nitrogens is 1. The summed E-state index contributed by atoms with van der Waals surface area (Å²) < 4.78 is 6.46. The van der Waals surface area contributed by atoms with Crippen molar-refractivity contribution in [2.45, 2.75) is 25.8 Å². The molecule has 0 atom stereocenters. The lowest BCUT2D eigenvalue weighted by Gasteiger charge is -2.36. The number of rotatable bonds is 8. The minimum Gasteiger partial charge on any atom is -0.380 e. The Morgan fingerprint density at radius 2 is 1.83 bits per heavy atom. The number of aromatic amines is 1. The van der Waals surface area contributed by atoms with Gasteiger partial charge in [-0.05, 0) is 80.1 Å². The first-order valence-electron chi connectivity index (χ1n) is 12.8. The Kier molecular flexibility index (Phi) is 7.87. The van der Waals surface area contributed by atoms with Crippen LogP contribution in [0.3, 0.4) is 0 Å². The van der Waals surface area contributed by atoms with Crippen LogP contribution in [0.4, 0.5) is 11.4 Å². The number of halogens is 1. The van der Waals surface area contributed by atoms with Gasteiger partial charge in [-0.25, -0.2) is 9.97 Å². The predicted molar refractivity (Wildman–Crippen MR) is 146 cm³/mol. The molecule has 0 radical (unpaired) electrons.